The van der Waals surface area contributed by atoms with Gasteiger partial charge in [0.1, 0.15) is 0 Å². The fraction of sp³-hybridized carbons (Fsp3) is 0. The van der Waals surface area contributed by atoms with Gasteiger partial charge in [0.2, 0.25) is 0 Å². The maximum atomic E-state index is 6.18. The smallest absolute Gasteiger partial charge is 0.0514 e. The molecule has 0 amide bonds. The summed E-state index contributed by atoms with van der Waals surface area (Å²) in [7, 11) is 0. The van der Waals surface area contributed by atoms with Crippen molar-refractivity contribution in [3.05, 3.63) is 57.5 Å². The highest BCUT2D eigenvalue weighted by Gasteiger charge is 2.09. The van der Waals surface area contributed by atoms with Crippen LogP contribution in [0.15, 0.2) is 42.5 Å². The number of hydrogen-bond donors (Lipinski definition) is 1. The van der Waals surface area contributed by atoms with Gasteiger partial charge in [0.15, 0.2) is 0 Å². The van der Waals surface area contributed by atoms with E-state index in [4.69, 9.17) is 34.8 Å². The highest BCUT2D eigenvalue weighted by Crippen LogP contribution is 2.34. The lowest BCUT2D eigenvalue weighted by atomic mass is 10.1. The minimum Gasteiger partial charge on any atom is -0.354 e. The summed E-state index contributed by atoms with van der Waals surface area (Å²) >= 11 is 18.3. The van der Waals surface area contributed by atoms with Gasteiger partial charge in [0.05, 0.1) is 5.02 Å². The van der Waals surface area contributed by atoms with E-state index >= 15 is 0 Å². The predicted octanol–water partition coefficient (Wildman–Crippen LogP) is 5.80. The molecule has 1 heterocycles. The normalized spacial score (nSPS) is 11.1. The molecule has 0 aliphatic heterocycles. The van der Waals surface area contributed by atoms with Gasteiger partial charge in [-0.1, -0.05) is 53.0 Å². The van der Waals surface area contributed by atoms with Crippen molar-refractivity contribution in [2.45, 2.75) is 0 Å². The zero-order valence-electron chi connectivity index (χ0n) is 9.18. The number of H-pyrrole nitrogens is 1. The van der Waals surface area contributed by atoms with Crippen LogP contribution in [0.25, 0.3) is 22.2 Å². The van der Waals surface area contributed by atoms with Crippen molar-refractivity contribution >= 4 is 45.7 Å². The van der Waals surface area contributed by atoms with Crippen LogP contribution in [-0.2, 0) is 0 Å². The number of nitrogens with one attached hydrogen (secondary N) is 1. The van der Waals surface area contributed by atoms with E-state index in [0.29, 0.717) is 15.1 Å². The van der Waals surface area contributed by atoms with Crippen molar-refractivity contribution in [2.24, 2.45) is 0 Å². The zero-order chi connectivity index (χ0) is 12.7. The van der Waals surface area contributed by atoms with Crippen molar-refractivity contribution in [3.8, 4) is 11.3 Å². The summed E-state index contributed by atoms with van der Waals surface area (Å²) in [5.41, 5.74) is 2.78. The standard InChI is InChI=1S/C14H8Cl3N/c15-8-5-12(17)10-7-14(18-13(10)6-8)9-3-1-2-4-11(9)16/h1-7,18H. The highest BCUT2D eigenvalue weighted by atomic mass is 35.5. The number of fused-ring (bicyclic) bond motifs is 1. The molecule has 3 rings (SSSR count). The molecule has 4 heteroatoms. The first-order valence-corrected chi connectivity index (χ1v) is 6.51. The van der Waals surface area contributed by atoms with Crippen LogP contribution < -0.4 is 0 Å². The quantitative estimate of drug-likeness (QED) is 0.584. The number of rotatable bonds is 1. The first-order valence-electron chi connectivity index (χ1n) is 5.38. The third kappa shape index (κ3) is 1.99. The van der Waals surface area contributed by atoms with E-state index in [0.717, 1.165) is 22.2 Å². The Kier molecular flexibility index (Phi) is 2.98. The molecule has 18 heavy (non-hydrogen) atoms. The molecule has 0 spiro atoms. The molecule has 1 N–H and O–H groups in total. The van der Waals surface area contributed by atoms with E-state index in [2.05, 4.69) is 4.98 Å². The number of benzene rings is 2. The van der Waals surface area contributed by atoms with Gasteiger partial charge in [-0.2, -0.15) is 0 Å². The number of aromatic amines is 1. The second kappa shape index (κ2) is 4.51. The lowest BCUT2D eigenvalue weighted by Gasteiger charge is -1.99. The molecule has 0 atom stereocenters. The molecule has 0 fully saturated rings. The van der Waals surface area contributed by atoms with E-state index in [1.165, 1.54) is 0 Å². The summed E-state index contributed by atoms with van der Waals surface area (Å²) in [6.45, 7) is 0. The average Bonchev–Trinajstić information content (AvgIpc) is 2.73. The SMILES string of the molecule is Clc1cc(Cl)c2cc(-c3ccccc3Cl)[nH]c2c1. The van der Waals surface area contributed by atoms with E-state index < -0.39 is 0 Å². The average molecular weight is 297 g/mol. The van der Waals surface area contributed by atoms with E-state index in [9.17, 15) is 0 Å². The molecule has 1 nitrogen and oxygen atoms in total. The summed E-state index contributed by atoms with van der Waals surface area (Å²) in [6.07, 6.45) is 0. The van der Waals surface area contributed by atoms with Gasteiger partial charge < -0.3 is 4.98 Å². The molecular formula is C14H8Cl3N. The van der Waals surface area contributed by atoms with Crippen molar-refractivity contribution < 1.29 is 0 Å². The first kappa shape index (κ1) is 11.9. The van der Waals surface area contributed by atoms with E-state index in [-0.39, 0.29) is 0 Å². The predicted molar refractivity (Wildman–Crippen MR) is 78.8 cm³/mol. The topological polar surface area (TPSA) is 15.8 Å². The Morgan fingerprint density at radius 1 is 0.833 bits per heavy atom. The fourth-order valence-corrected chi connectivity index (χ4v) is 2.77. The molecule has 0 bridgehead atoms. The lowest BCUT2D eigenvalue weighted by molar-refractivity contribution is 1.45. The minimum absolute atomic E-state index is 0.611. The maximum absolute atomic E-state index is 6.18. The third-order valence-corrected chi connectivity index (χ3v) is 3.68. The molecule has 0 radical (unpaired) electrons. The van der Waals surface area contributed by atoms with Gasteiger partial charge in [-0.05, 0) is 24.3 Å². The molecule has 0 saturated carbocycles. The Labute approximate surface area is 119 Å². The summed E-state index contributed by atoms with van der Waals surface area (Å²) in [6, 6.07) is 13.2. The molecular weight excluding hydrogens is 289 g/mol. The van der Waals surface area contributed by atoms with Crippen molar-refractivity contribution in [2.75, 3.05) is 0 Å². The van der Waals surface area contributed by atoms with Crippen molar-refractivity contribution in [1.29, 1.82) is 0 Å². The Hall–Kier alpha value is -1.15. The van der Waals surface area contributed by atoms with Gasteiger partial charge >= 0.3 is 0 Å². The lowest BCUT2D eigenvalue weighted by Crippen LogP contribution is -1.77. The van der Waals surface area contributed by atoms with E-state index in [1.807, 2.05) is 36.4 Å². The second-order valence-electron chi connectivity index (χ2n) is 4.01. The van der Waals surface area contributed by atoms with Crippen LogP contribution >= 0.6 is 34.8 Å². The Bertz CT molecular complexity index is 731. The number of hydrogen-bond acceptors (Lipinski definition) is 0. The maximum Gasteiger partial charge on any atom is 0.0514 e. The van der Waals surface area contributed by atoms with Gasteiger partial charge in [-0.15, -0.1) is 0 Å². The molecule has 1 aromatic heterocycles. The molecule has 3 aromatic rings. The van der Waals surface area contributed by atoms with Gasteiger partial charge in [-0.25, -0.2) is 0 Å². The number of halogens is 3. The first-order chi connectivity index (χ1) is 8.65. The summed E-state index contributed by atoms with van der Waals surface area (Å²) < 4.78 is 0. The van der Waals surface area contributed by atoms with Gasteiger partial charge in [0.25, 0.3) is 0 Å². The fourth-order valence-electron chi connectivity index (χ4n) is 1.99. The summed E-state index contributed by atoms with van der Waals surface area (Å²) in [5, 5.41) is 2.88. The zero-order valence-corrected chi connectivity index (χ0v) is 11.4. The molecule has 0 unspecified atom stereocenters. The monoisotopic (exact) mass is 295 g/mol. The van der Waals surface area contributed by atoms with Gasteiger partial charge in [0, 0.05) is 32.2 Å². The molecule has 0 aliphatic carbocycles. The Morgan fingerprint density at radius 2 is 1.61 bits per heavy atom. The largest absolute Gasteiger partial charge is 0.354 e. The van der Waals surface area contributed by atoms with Crippen LogP contribution in [0.2, 0.25) is 15.1 Å². The second-order valence-corrected chi connectivity index (χ2v) is 5.26. The van der Waals surface area contributed by atoms with Crippen LogP contribution in [0.3, 0.4) is 0 Å². The molecule has 90 valence electrons. The van der Waals surface area contributed by atoms with Gasteiger partial charge in [-0.3, -0.25) is 0 Å². The molecule has 2 aromatic carbocycles. The van der Waals surface area contributed by atoms with Crippen LogP contribution in [-0.4, -0.2) is 4.98 Å². The molecule has 0 aliphatic rings. The Morgan fingerprint density at radius 3 is 2.39 bits per heavy atom. The van der Waals surface area contributed by atoms with Crippen LogP contribution in [0.4, 0.5) is 0 Å². The third-order valence-electron chi connectivity index (χ3n) is 2.82. The van der Waals surface area contributed by atoms with Crippen LogP contribution in [0, 0.1) is 0 Å². The number of aromatic nitrogens is 1. The van der Waals surface area contributed by atoms with Crippen molar-refractivity contribution in [1.82, 2.24) is 4.98 Å². The molecule has 0 saturated heterocycles. The van der Waals surface area contributed by atoms with Crippen LogP contribution in [0.1, 0.15) is 0 Å². The summed E-state index contributed by atoms with van der Waals surface area (Å²) in [5.74, 6) is 0. The summed E-state index contributed by atoms with van der Waals surface area (Å²) in [4.78, 5) is 3.28. The van der Waals surface area contributed by atoms with Crippen molar-refractivity contribution in [3.63, 3.8) is 0 Å². The minimum atomic E-state index is 0.611. The van der Waals surface area contributed by atoms with Crippen LogP contribution in [0.5, 0.6) is 0 Å². The van der Waals surface area contributed by atoms with E-state index in [1.54, 1.807) is 6.07 Å². The highest BCUT2D eigenvalue weighted by molar-refractivity contribution is 6.38. The Balaban J connectivity index is 2.26.